The van der Waals surface area contributed by atoms with Crippen LogP contribution in [0.3, 0.4) is 0 Å². The number of ether oxygens (including phenoxy) is 1. The molecule has 1 aromatic rings. The lowest BCUT2D eigenvalue weighted by atomic mass is 9.91. The monoisotopic (exact) mass is 262 g/mol. The molecular weight excluding hydrogens is 240 g/mol. The summed E-state index contributed by atoms with van der Waals surface area (Å²) >= 11 is 0. The summed E-state index contributed by atoms with van der Waals surface area (Å²) in [6.07, 6.45) is 3.92. The molecule has 104 valence electrons. The number of nitrogens with one attached hydrogen (secondary N) is 1. The van der Waals surface area contributed by atoms with Gasteiger partial charge in [-0.3, -0.25) is 4.79 Å². The van der Waals surface area contributed by atoms with Crippen molar-refractivity contribution in [3.8, 4) is 5.75 Å². The van der Waals surface area contributed by atoms with Gasteiger partial charge in [-0.05, 0) is 50.8 Å². The second-order valence-corrected chi connectivity index (χ2v) is 5.05. The molecule has 1 aliphatic carbocycles. The van der Waals surface area contributed by atoms with E-state index in [1.807, 2.05) is 25.1 Å². The number of carbonyl (C=O) groups is 1. The summed E-state index contributed by atoms with van der Waals surface area (Å²) in [6, 6.07) is 7.86. The van der Waals surface area contributed by atoms with E-state index in [-0.39, 0.29) is 11.9 Å². The molecule has 1 aromatic carbocycles. The predicted molar refractivity (Wildman–Crippen MR) is 75.3 cm³/mol. The van der Waals surface area contributed by atoms with E-state index in [0.29, 0.717) is 18.2 Å². The summed E-state index contributed by atoms with van der Waals surface area (Å²) in [4.78, 5) is 12.2. The largest absolute Gasteiger partial charge is 0.494 e. The van der Waals surface area contributed by atoms with Crippen LogP contribution in [-0.2, 0) is 0 Å². The minimum Gasteiger partial charge on any atom is -0.494 e. The Hall–Kier alpha value is -1.55. The Bertz CT molecular complexity index is 426. The van der Waals surface area contributed by atoms with Gasteiger partial charge in [0.2, 0.25) is 0 Å². The summed E-state index contributed by atoms with van der Waals surface area (Å²) < 4.78 is 5.40. The standard InChI is InChI=1S/C15H22N2O2/c1-2-19-14-5-3-4-11(10-14)15(18)17-13-8-6-12(16)7-9-13/h3-5,10,12-13H,2,6-9,16H2,1H3,(H,17,18). The number of nitrogens with two attached hydrogens (primary N) is 1. The van der Waals surface area contributed by atoms with Gasteiger partial charge in [0.15, 0.2) is 0 Å². The van der Waals surface area contributed by atoms with Crippen LogP contribution in [0.4, 0.5) is 0 Å². The van der Waals surface area contributed by atoms with Crippen LogP contribution < -0.4 is 15.8 Å². The van der Waals surface area contributed by atoms with Crippen LogP contribution >= 0.6 is 0 Å². The van der Waals surface area contributed by atoms with Crippen LogP contribution in [0.25, 0.3) is 0 Å². The quantitative estimate of drug-likeness (QED) is 0.873. The molecule has 1 saturated carbocycles. The SMILES string of the molecule is CCOc1cccc(C(=O)NC2CCC(N)CC2)c1. The topological polar surface area (TPSA) is 64.3 Å². The van der Waals surface area contributed by atoms with Crippen LogP contribution in [0.1, 0.15) is 43.0 Å². The Kier molecular flexibility index (Phi) is 4.80. The Labute approximate surface area is 114 Å². The van der Waals surface area contributed by atoms with Crippen molar-refractivity contribution >= 4 is 5.91 Å². The fraction of sp³-hybridized carbons (Fsp3) is 0.533. The van der Waals surface area contributed by atoms with E-state index in [9.17, 15) is 4.79 Å². The maximum Gasteiger partial charge on any atom is 0.251 e. The Morgan fingerprint density at radius 3 is 2.79 bits per heavy atom. The van der Waals surface area contributed by atoms with Gasteiger partial charge in [0.05, 0.1) is 6.61 Å². The third-order valence-electron chi connectivity index (χ3n) is 3.51. The minimum atomic E-state index is -0.0259. The Morgan fingerprint density at radius 1 is 1.37 bits per heavy atom. The molecule has 0 aliphatic heterocycles. The summed E-state index contributed by atoms with van der Waals surface area (Å²) in [7, 11) is 0. The maximum atomic E-state index is 12.2. The average Bonchev–Trinajstić information content (AvgIpc) is 2.42. The summed E-state index contributed by atoms with van der Waals surface area (Å²) in [5.74, 6) is 0.711. The van der Waals surface area contributed by atoms with Gasteiger partial charge in [0, 0.05) is 17.6 Å². The van der Waals surface area contributed by atoms with E-state index in [0.717, 1.165) is 31.4 Å². The van der Waals surface area contributed by atoms with Gasteiger partial charge >= 0.3 is 0 Å². The fourth-order valence-corrected chi connectivity index (χ4v) is 2.43. The first-order valence-corrected chi connectivity index (χ1v) is 6.98. The molecule has 1 fully saturated rings. The van der Waals surface area contributed by atoms with Gasteiger partial charge in [-0.2, -0.15) is 0 Å². The Balaban J connectivity index is 1.94. The highest BCUT2D eigenvalue weighted by molar-refractivity contribution is 5.94. The summed E-state index contributed by atoms with van der Waals surface area (Å²) in [5.41, 5.74) is 6.52. The van der Waals surface area contributed by atoms with Crippen molar-refractivity contribution in [1.82, 2.24) is 5.32 Å². The number of benzene rings is 1. The first-order valence-electron chi connectivity index (χ1n) is 6.98. The molecule has 1 amide bonds. The van der Waals surface area contributed by atoms with Gasteiger partial charge in [-0.15, -0.1) is 0 Å². The highest BCUT2D eigenvalue weighted by atomic mass is 16.5. The highest BCUT2D eigenvalue weighted by Crippen LogP contribution is 2.18. The summed E-state index contributed by atoms with van der Waals surface area (Å²) in [6.45, 7) is 2.53. The van der Waals surface area contributed by atoms with Crippen molar-refractivity contribution in [3.63, 3.8) is 0 Å². The lowest BCUT2D eigenvalue weighted by Gasteiger charge is -2.26. The zero-order chi connectivity index (χ0) is 13.7. The van der Waals surface area contributed by atoms with Crippen LogP contribution in [0.2, 0.25) is 0 Å². The van der Waals surface area contributed by atoms with Gasteiger partial charge in [0.25, 0.3) is 5.91 Å². The van der Waals surface area contributed by atoms with Gasteiger partial charge in [0.1, 0.15) is 5.75 Å². The van der Waals surface area contributed by atoms with Crippen LogP contribution in [0, 0.1) is 0 Å². The van der Waals surface area contributed by atoms with Gasteiger partial charge in [-0.1, -0.05) is 6.07 Å². The number of carbonyl (C=O) groups excluding carboxylic acids is 1. The van der Waals surface area contributed by atoms with Gasteiger partial charge in [-0.25, -0.2) is 0 Å². The van der Waals surface area contributed by atoms with Crippen molar-refractivity contribution in [2.75, 3.05) is 6.61 Å². The average molecular weight is 262 g/mol. The Morgan fingerprint density at radius 2 is 2.11 bits per heavy atom. The zero-order valence-corrected chi connectivity index (χ0v) is 11.4. The molecule has 3 N–H and O–H groups in total. The summed E-state index contributed by atoms with van der Waals surface area (Å²) in [5, 5.41) is 3.07. The molecule has 2 rings (SSSR count). The molecule has 0 spiro atoms. The third-order valence-corrected chi connectivity index (χ3v) is 3.51. The van der Waals surface area contributed by atoms with Crippen molar-refractivity contribution in [1.29, 1.82) is 0 Å². The molecule has 0 saturated heterocycles. The zero-order valence-electron chi connectivity index (χ0n) is 11.4. The maximum absolute atomic E-state index is 12.2. The van der Waals surface area contributed by atoms with Crippen molar-refractivity contribution in [2.24, 2.45) is 5.73 Å². The molecule has 4 heteroatoms. The predicted octanol–water partition coefficient (Wildman–Crippen LogP) is 2.08. The molecule has 0 aromatic heterocycles. The second-order valence-electron chi connectivity index (χ2n) is 5.05. The van der Waals surface area contributed by atoms with E-state index >= 15 is 0 Å². The normalized spacial score (nSPS) is 22.8. The second kappa shape index (κ2) is 6.57. The molecular formula is C15H22N2O2. The van der Waals surface area contributed by atoms with Gasteiger partial charge < -0.3 is 15.8 Å². The smallest absolute Gasteiger partial charge is 0.251 e. The third kappa shape index (κ3) is 3.96. The number of amides is 1. The van der Waals surface area contributed by atoms with Crippen LogP contribution in [0.15, 0.2) is 24.3 Å². The van der Waals surface area contributed by atoms with Crippen molar-refractivity contribution < 1.29 is 9.53 Å². The fourth-order valence-electron chi connectivity index (χ4n) is 2.43. The van der Waals surface area contributed by atoms with E-state index in [1.54, 1.807) is 6.07 Å². The minimum absolute atomic E-state index is 0.0259. The molecule has 0 heterocycles. The lowest BCUT2D eigenvalue weighted by Crippen LogP contribution is -2.40. The first kappa shape index (κ1) is 13.9. The van der Waals surface area contributed by atoms with E-state index in [2.05, 4.69) is 5.32 Å². The molecule has 0 atom stereocenters. The number of hydrogen-bond donors (Lipinski definition) is 2. The first-order chi connectivity index (χ1) is 9.19. The lowest BCUT2D eigenvalue weighted by molar-refractivity contribution is 0.0925. The van der Waals surface area contributed by atoms with Crippen molar-refractivity contribution in [2.45, 2.75) is 44.7 Å². The number of hydrogen-bond acceptors (Lipinski definition) is 3. The van der Waals surface area contributed by atoms with E-state index < -0.39 is 0 Å². The van der Waals surface area contributed by atoms with Crippen LogP contribution in [0.5, 0.6) is 5.75 Å². The van der Waals surface area contributed by atoms with Crippen molar-refractivity contribution in [3.05, 3.63) is 29.8 Å². The molecule has 0 radical (unpaired) electrons. The molecule has 0 bridgehead atoms. The molecule has 0 unspecified atom stereocenters. The molecule has 19 heavy (non-hydrogen) atoms. The van der Waals surface area contributed by atoms with Crippen LogP contribution in [-0.4, -0.2) is 24.6 Å². The molecule has 4 nitrogen and oxygen atoms in total. The van der Waals surface area contributed by atoms with E-state index in [1.165, 1.54) is 0 Å². The number of rotatable bonds is 4. The molecule has 1 aliphatic rings. The highest BCUT2D eigenvalue weighted by Gasteiger charge is 2.20. The van der Waals surface area contributed by atoms with E-state index in [4.69, 9.17) is 10.5 Å².